The Hall–Kier alpha value is -3.79. The van der Waals surface area contributed by atoms with Gasteiger partial charge in [0.1, 0.15) is 17.9 Å². The van der Waals surface area contributed by atoms with Gasteiger partial charge in [-0.3, -0.25) is 9.59 Å². The lowest BCUT2D eigenvalue weighted by Gasteiger charge is -2.12. The van der Waals surface area contributed by atoms with Crippen molar-refractivity contribution in [2.24, 2.45) is 0 Å². The second-order valence-electron chi connectivity index (χ2n) is 6.46. The third kappa shape index (κ3) is 2.95. The molecule has 0 aliphatic carbocycles. The molecule has 4 heteroatoms. The molecule has 0 amide bonds. The predicted molar refractivity (Wildman–Crippen MR) is 107 cm³/mol. The molecular weight excluding hydrogens is 355 g/mol. The number of benzene rings is 4. The lowest BCUT2D eigenvalue weighted by atomic mass is 9.93. The molecule has 0 atom stereocenters. The molecule has 4 rings (SSSR count). The van der Waals surface area contributed by atoms with Gasteiger partial charge in [-0.2, -0.15) is 0 Å². The van der Waals surface area contributed by atoms with E-state index >= 15 is 0 Å². The number of hydrogen-bond acceptors (Lipinski definition) is 3. The van der Waals surface area contributed by atoms with E-state index in [1.807, 2.05) is 24.3 Å². The van der Waals surface area contributed by atoms with E-state index in [-0.39, 0.29) is 16.9 Å². The third-order valence-electron chi connectivity index (χ3n) is 4.81. The highest BCUT2D eigenvalue weighted by atomic mass is 19.1. The molecular formula is C24H15FO3. The van der Waals surface area contributed by atoms with Crippen LogP contribution < -0.4 is 0 Å². The van der Waals surface area contributed by atoms with E-state index in [4.69, 9.17) is 0 Å². The molecule has 0 saturated heterocycles. The van der Waals surface area contributed by atoms with Gasteiger partial charge in [0.25, 0.3) is 0 Å². The topological polar surface area (TPSA) is 54.4 Å². The predicted octanol–water partition coefficient (Wildman–Crippen LogP) is 5.64. The first-order valence-corrected chi connectivity index (χ1v) is 8.68. The molecule has 0 unspecified atom stereocenters. The second kappa shape index (κ2) is 7.08. The lowest BCUT2D eigenvalue weighted by molar-refractivity contribution is 0.111. The van der Waals surface area contributed by atoms with E-state index in [1.165, 1.54) is 6.07 Å². The van der Waals surface area contributed by atoms with Crippen LogP contribution in [0.25, 0.3) is 33.0 Å². The number of aldehydes is 2. The zero-order chi connectivity index (χ0) is 19.7. The number of fused-ring (bicyclic) bond motifs is 1. The van der Waals surface area contributed by atoms with Crippen LogP contribution in [-0.4, -0.2) is 17.7 Å². The Balaban J connectivity index is 1.83. The van der Waals surface area contributed by atoms with Crippen molar-refractivity contribution in [2.75, 3.05) is 0 Å². The summed E-state index contributed by atoms with van der Waals surface area (Å²) >= 11 is 0. The molecule has 3 nitrogen and oxygen atoms in total. The van der Waals surface area contributed by atoms with Gasteiger partial charge in [0.05, 0.1) is 5.56 Å². The summed E-state index contributed by atoms with van der Waals surface area (Å²) in [5.41, 5.74) is 3.23. The lowest BCUT2D eigenvalue weighted by Crippen LogP contribution is -1.90. The van der Waals surface area contributed by atoms with E-state index in [2.05, 4.69) is 0 Å². The zero-order valence-electron chi connectivity index (χ0n) is 14.7. The maximum atomic E-state index is 14.3. The molecule has 4 aromatic carbocycles. The number of carbonyl (C=O) groups is 2. The van der Waals surface area contributed by atoms with Crippen molar-refractivity contribution in [2.45, 2.75) is 0 Å². The van der Waals surface area contributed by atoms with Crippen LogP contribution in [0.5, 0.6) is 5.75 Å². The van der Waals surface area contributed by atoms with Gasteiger partial charge in [0, 0.05) is 16.5 Å². The van der Waals surface area contributed by atoms with Crippen LogP contribution >= 0.6 is 0 Å². The summed E-state index contributed by atoms with van der Waals surface area (Å²) in [4.78, 5) is 22.1. The van der Waals surface area contributed by atoms with E-state index in [9.17, 15) is 19.1 Å². The zero-order valence-corrected chi connectivity index (χ0v) is 14.7. The molecule has 4 aromatic rings. The number of rotatable bonds is 4. The Bertz CT molecular complexity index is 1210. The van der Waals surface area contributed by atoms with Gasteiger partial charge in [-0.1, -0.05) is 60.7 Å². The number of aromatic hydroxyl groups is 1. The average Bonchev–Trinajstić information content (AvgIpc) is 2.74. The van der Waals surface area contributed by atoms with Gasteiger partial charge in [-0.15, -0.1) is 0 Å². The number of halogens is 1. The molecule has 0 heterocycles. The first-order chi connectivity index (χ1) is 13.6. The molecule has 0 fully saturated rings. The molecule has 0 spiro atoms. The first kappa shape index (κ1) is 17.6. The van der Waals surface area contributed by atoms with Gasteiger partial charge < -0.3 is 5.11 Å². The van der Waals surface area contributed by atoms with Crippen molar-refractivity contribution in [1.82, 2.24) is 0 Å². The number of hydrogen-bond donors (Lipinski definition) is 1. The van der Waals surface area contributed by atoms with Crippen LogP contribution in [0.3, 0.4) is 0 Å². The minimum Gasteiger partial charge on any atom is -0.507 e. The van der Waals surface area contributed by atoms with E-state index in [0.717, 1.165) is 16.5 Å². The maximum Gasteiger partial charge on any atom is 0.153 e. The van der Waals surface area contributed by atoms with Crippen molar-refractivity contribution in [3.05, 3.63) is 89.7 Å². The second-order valence-corrected chi connectivity index (χ2v) is 6.46. The van der Waals surface area contributed by atoms with Gasteiger partial charge >= 0.3 is 0 Å². The Labute approximate surface area is 160 Å². The average molecular weight is 370 g/mol. The van der Waals surface area contributed by atoms with Crippen molar-refractivity contribution >= 4 is 23.3 Å². The highest BCUT2D eigenvalue weighted by Gasteiger charge is 2.13. The van der Waals surface area contributed by atoms with Gasteiger partial charge in [0.15, 0.2) is 6.29 Å². The van der Waals surface area contributed by atoms with Crippen LogP contribution in [0.4, 0.5) is 4.39 Å². The fourth-order valence-electron chi connectivity index (χ4n) is 3.38. The number of phenolic OH excluding ortho intramolecular Hbond substituents is 1. The van der Waals surface area contributed by atoms with Gasteiger partial charge in [-0.05, 0) is 34.2 Å². The highest BCUT2D eigenvalue weighted by molar-refractivity contribution is 6.04. The molecule has 136 valence electrons. The van der Waals surface area contributed by atoms with Crippen LogP contribution in [0.1, 0.15) is 20.7 Å². The summed E-state index contributed by atoms with van der Waals surface area (Å²) in [6, 6.07) is 20.6. The SMILES string of the molecule is O=Cc1ccc(-c2ccc(-c3cc(C=O)c(O)c4ccccc34)cc2)c(F)c1. The van der Waals surface area contributed by atoms with Crippen LogP contribution in [0.2, 0.25) is 0 Å². The minimum atomic E-state index is -0.462. The quantitative estimate of drug-likeness (QED) is 0.473. The standard InChI is InChI=1S/C24H15FO3/c25-23-11-15(13-26)5-10-19(23)16-6-8-17(9-7-16)22-12-18(14-27)24(28)21-4-2-1-3-20(21)22/h1-14,28H. The van der Waals surface area contributed by atoms with Crippen molar-refractivity contribution in [3.8, 4) is 28.0 Å². The Kier molecular flexibility index (Phi) is 4.45. The highest BCUT2D eigenvalue weighted by Crippen LogP contribution is 2.37. The summed E-state index contributed by atoms with van der Waals surface area (Å²) in [5, 5.41) is 11.7. The van der Waals surface area contributed by atoms with Crippen LogP contribution in [-0.2, 0) is 0 Å². The summed E-state index contributed by atoms with van der Waals surface area (Å²) in [5.74, 6) is -0.501. The molecule has 28 heavy (non-hydrogen) atoms. The Morgan fingerprint density at radius 3 is 1.96 bits per heavy atom. The molecule has 0 saturated carbocycles. The maximum absolute atomic E-state index is 14.3. The summed E-state index contributed by atoms with van der Waals surface area (Å²) in [7, 11) is 0. The van der Waals surface area contributed by atoms with Crippen molar-refractivity contribution in [1.29, 1.82) is 0 Å². The molecule has 0 radical (unpaired) electrons. The van der Waals surface area contributed by atoms with Gasteiger partial charge in [-0.25, -0.2) is 4.39 Å². The number of carbonyl (C=O) groups excluding carboxylic acids is 2. The third-order valence-corrected chi connectivity index (χ3v) is 4.81. The first-order valence-electron chi connectivity index (χ1n) is 8.68. The van der Waals surface area contributed by atoms with E-state index in [1.54, 1.807) is 42.5 Å². The van der Waals surface area contributed by atoms with Crippen LogP contribution in [0, 0.1) is 5.82 Å². The van der Waals surface area contributed by atoms with Crippen molar-refractivity contribution < 1.29 is 19.1 Å². The van der Waals surface area contributed by atoms with Gasteiger partial charge in [0.2, 0.25) is 0 Å². The Morgan fingerprint density at radius 2 is 1.36 bits per heavy atom. The van der Waals surface area contributed by atoms with Crippen LogP contribution in [0.15, 0.2) is 72.8 Å². The molecule has 0 aliphatic heterocycles. The fourth-order valence-corrected chi connectivity index (χ4v) is 3.38. The number of phenols is 1. The normalized spacial score (nSPS) is 10.8. The monoisotopic (exact) mass is 370 g/mol. The summed E-state index contributed by atoms with van der Waals surface area (Å²) in [6.45, 7) is 0. The smallest absolute Gasteiger partial charge is 0.153 e. The van der Waals surface area contributed by atoms with Crippen molar-refractivity contribution in [3.63, 3.8) is 0 Å². The molecule has 0 aromatic heterocycles. The molecule has 0 aliphatic rings. The molecule has 0 bridgehead atoms. The Morgan fingerprint density at radius 1 is 0.714 bits per heavy atom. The summed E-state index contributed by atoms with van der Waals surface area (Å²) < 4.78 is 14.3. The summed E-state index contributed by atoms with van der Waals surface area (Å²) in [6.07, 6.45) is 1.24. The van der Waals surface area contributed by atoms with E-state index in [0.29, 0.717) is 29.1 Å². The largest absolute Gasteiger partial charge is 0.507 e. The van der Waals surface area contributed by atoms with E-state index < -0.39 is 5.82 Å². The fraction of sp³-hybridized carbons (Fsp3) is 0. The molecule has 1 N–H and O–H groups in total. The minimum absolute atomic E-state index is 0.0386.